The SMILES string of the molecule is O=C1NCC(N(OC(=O)C(F)(F)F)C(=O)O)C(=O)N1. The van der Waals surface area contributed by atoms with Gasteiger partial charge in [0.2, 0.25) is 0 Å². The van der Waals surface area contributed by atoms with Crippen LogP contribution in [0.4, 0.5) is 22.8 Å². The Balaban J connectivity index is 2.84. The Morgan fingerprint density at radius 3 is 2.37 bits per heavy atom. The maximum Gasteiger partial charge on any atom is 0.493 e. The van der Waals surface area contributed by atoms with Crippen LogP contribution in [0.3, 0.4) is 0 Å². The number of carbonyl (C=O) groups is 4. The fourth-order valence-electron chi connectivity index (χ4n) is 1.09. The Morgan fingerprint density at radius 2 is 1.95 bits per heavy atom. The van der Waals surface area contributed by atoms with Gasteiger partial charge in [-0.3, -0.25) is 10.1 Å². The highest BCUT2D eigenvalue weighted by atomic mass is 19.4. The molecule has 12 heteroatoms. The van der Waals surface area contributed by atoms with Crippen LogP contribution in [0.1, 0.15) is 0 Å². The molecule has 1 aliphatic heterocycles. The number of imide groups is 1. The Bertz CT molecular complexity index is 436. The van der Waals surface area contributed by atoms with Crippen LogP contribution in [0.15, 0.2) is 0 Å². The van der Waals surface area contributed by atoms with E-state index in [1.165, 1.54) is 0 Å². The first-order valence-corrected chi connectivity index (χ1v) is 4.53. The average Bonchev–Trinajstić information content (AvgIpc) is 2.24. The number of carboxylic acid groups (broad SMARTS) is 1. The van der Waals surface area contributed by atoms with Crippen LogP contribution in [0.5, 0.6) is 0 Å². The molecule has 1 unspecified atom stereocenters. The lowest BCUT2D eigenvalue weighted by molar-refractivity contribution is -0.235. The molecule has 0 aromatic carbocycles. The molecule has 19 heavy (non-hydrogen) atoms. The summed E-state index contributed by atoms with van der Waals surface area (Å²) in [5.41, 5.74) is 0. The summed E-state index contributed by atoms with van der Waals surface area (Å²) in [7, 11) is 0. The molecule has 1 heterocycles. The van der Waals surface area contributed by atoms with Gasteiger partial charge >= 0.3 is 24.3 Å². The van der Waals surface area contributed by atoms with Crippen LogP contribution in [0.2, 0.25) is 0 Å². The van der Waals surface area contributed by atoms with Gasteiger partial charge in [-0.2, -0.15) is 13.2 Å². The molecular formula is C7H6F3N3O6. The number of carbonyl (C=O) groups excluding carboxylic acids is 3. The van der Waals surface area contributed by atoms with Crippen molar-refractivity contribution in [3.05, 3.63) is 0 Å². The zero-order chi connectivity index (χ0) is 14.8. The minimum atomic E-state index is -5.43. The van der Waals surface area contributed by atoms with Crippen molar-refractivity contribution >= 4 is 24.0 Å². The predicted octanol–water partition coefficient (Wildman–Crippen LogP) is -0.805. The highest BCUT2D eigenvalue weighted by Crippen LogP contribution is 2.18. The summed E-state index contributed by atoms with van der Waals surface area (Å²) in [4.78, 5) is 46.7. The first-order chi connectivity index (χ1) is 8.62. The lowest BCUT2D eigenvalue weighted by Gasteiger charge is -2.29. The molecule has 0 saturated carbocycles. The van der Waals surface area contributed by atoms with Gasteiger partial charge in [0.1, 0.15) is 0 Å². The van der Waals surface area contributed by atoms with E-state index in [2.05, 4.69) is 4.84 Å². The molecule has 1 rings (SSSR count). The van der Waals surface area contributed by atoms with Crippen LogP contribution in [0, 0.1) is 0 Å². The van der Waals surface area contributed by atoms with Crippen molar-refractivity contribution in [1.82, 2.24) is 15.7 Å². The Kier molecular flexibility index (Phi) is 3.82. The van der Waals surface area contributed by atoms with Crippen LogP contribution >= 0.6 is 0 Å². The van der Waals surface area contributed by atoms with Gasteiger partial charge in [0.25, 0.3) is 5.91 Å². The van der Waals surface area contributed by atoms with E-state index in [4.69, 9.17) is 5.11 Å². The van der Waals surface area contributed by atoms with E-state index in [9.17, 15) is 32.3 Å². The van der Waals surface area contributed by atoms with Crippen molar-refractivity contribution in [2.45, 2.75) is 12.2 Å². The maximum absolute atomic E-state index is 11.9. The fraction of sp³-hybridized carbons (Fsp3) is 0.429. The van der Waals surface area contributed by atoms with E-state index in [1.807, 2.05) is 5.32 Å². The van der Waals surface area contributed by atoms with Gasteiger partial charge in [-0.15, -0.1) is 5.06 Å². The second-order valence-electron chi connectivity index (χ2n) is 3.20. The summed E-state index contributed by atoms with van der Waals surface area (Å²) in [5.74, 6) is -4.03. The standard InChI is InChI=1S/C7H6F3N3O6/c8-7(9,10)4(15)19-13(6(17)18)2-1-11-5(16)12-3(2)14/h2H,1H2,(H,17,18)(H2,11,12,14,16). The third kappa shape index (κ3) is 3.46. The molecule has 1 saturated heterocycles. The van der Waals surface area contributed by atoms with Crippen LogP contribution in [0.25, 0.3) is 0 Å². The Morgan fingerprint density at radius 1 is 1.37 bits per heavy atom. The van der Waals surface area contributed by atoms with Crippen LogP contribution < -0.4 is 10.6 Å². The molecule has 0 spiro atoms. The highest BCUT2D eigenvalue weighted by molar-refractivity contribution is 6.00. The quantitative estimate of drug-likeness (QED) is 0.541. The number of rotatable bonds is 1. The lowest BCUT2D eigenvalue weighted by atomic mass is 10.2. The summed E-state index contributed by atoms with van der Waals surface area (Å²) in [6.07, 6.45) is -7.53. The number of amides is 4. The number of halogens is 3. The van der Waals surface area contributed by atoms with Gasteiger partial charge in [0.15, 0.2) is 6.04 Å². The topological polar surface area (TPSA) is 125 Å². The third-order valence-corrected chi connectivity index (χ3v) is 1.88. The highest BCUT2D eigenvalue weighted by Gasteiger charge is 2.46. The maximum atomic E-state index is 11.9. The Hall–Kier alpha value is -2.53. The summed E-state index contributed by atoms with van der Waals surface area (Å²) in [6.45, 7) is -0.637. The molecule has 1 atom stereocenters. The molecule has 106 valence electrons. The molecule has 0 aliphatic carbocycles. The zero-order valence-corrected chi connectivity index (χ0v) is 8.85. The largest absolute Gasteiger partial charge is 0.493 e. The lowest BCUT2D eigenvalue weighted by Crippen LogP contribution is -2.62. The van der Waals surface area contributed by atoms with E-state index in [0.29, 0.717) is 0 Å². The Labute approximate surface area is 102 Å². The zero-order valence-electron chi connectivity index (χ0n) is 8.85. The fourth-order valence-corrected chi connectivity index (χ4v) is 1.09. The number of urea groups is 1. The monoisotopic (exact) mass is 285 g/mol. The molecule has 9 nitrogen and oxygen atoms in total. The number of nitrogens with zero attached hydrogens (tertiary/aromatic N) is 1. The second-order valence-corrected chi connectivity index (χ2v) is 3.20. The van der Waals surface area contributed by atoms with E-state index in [1.54, 1.807) is 5.32 Å². The van der Waals surface area contributed by atoms with E-state index in [-0.39, 0.29) is 0 Å². The van der Waals surface area contributed by atoms with Crippen molar-refractivity contribution in [3.8, 4) is 0 Å². The number of hydrogen-bond acceptors (Lipinski definition) is 5. The molecule has 0 aromatic heterocycles. The smallest absolute Gasteiger partial charge is 0.463 e. The van der Waals surface area contributed by atoms with Crippen LogP contribution in [-0.2, 0) is 14.4 Å². The van der Waals surface area contributed by atoms with Crippen molar-refractivity contribution in [2.24, 2.45) is 0 Å². The van der Waals surface area contributed by atoms with Gasteiger partial charge in [-0.05, 0) is 0 Å². The number of alkyl halides is 3. The summed E-state index contributed by atoms with van der Waals surface area (Å²) in [5, 5.41) is 11.7. The molecule has 0 aromatic rings. The number of hydrogen-bond donors (Lipinski definition) is 3. The number of nitrogens with one attached hydrogen (secondary N) is 2. The van der Waals surface area contributed by atoms with E-state index < -0.39 is 47.8 Å². The summed E-state index contributed by atoms with van der Waals surface area (Å²) in [6, 6.07) is -2.77. The molecule has 1 fully saturated rings. The van der Waals surface area contributed by atoms with Gasteiger partial charge in [-0.1, -0.05) is 0 Å². The van der Waals surface area contributed by atoms with Gasteiger partial charge < -0.3 is 15.3 Å². The molecule has 1 aliphatic rings. The van der Waals surface area contributed by atoms with Crippen molar-refractivity contribution in [1.29, 1.82) is 0 Å². The van der Waals surface area contributed by atoms with Gasteiger partial charge in [0, 0.05) is 0 Å². The second kappa shape index (κ2) is 4.99. The van der Waals surface area contributed by atoms with Gasteiger partial charge in [-0.25, -0.2) is 14.4 Å². The van der Waals surface area contributed by atoms with Crippen molar-refractivity contribution < 1.29 is 42.3 Å². The first kappa shape index (κ1) is 14.5. The molecular weight excluding hydrogens is 279 g/mol. The predicted molar refractivity (Wildman–Crippen MR) is 47.3 cm³/mol. The van der Waals surface area contributed by atoms with Gasteiger partial charge in [0.05, 0.1) is 6.54 Å². The van der Waals surface area contributed by atoms with Crippen molar-refractivity contribution in [2.75, 3.05) is 6.54 Å². The molecule has 3 N–H and O–H groups in total. The normalized spacial score (nSPS) is 19.2. The number of hydroxylamine groups is 2. The summed E-state index contributed by atoms with van der Waals surface area (Å²) < 4.78 is 35.8. The van der Waals surface area contributed by atoms with E-state index >= 15 is 0 Å². The van der Waals surface area contributed by atoms with E-state index in [0.717, 1.165) is 0 Å². The van der Waals surface area contributed by atoms with Crippen LogP contribution in [-0.4, -0.2) is 52.9 Å². The minimum Gasteiger partial charge on any atom is -0.463 e. The third-order valence-electron chi connectivity index (χ3n) is 1.88. The first-order valence-electron chi connectivity index (χ1n) is 4.53. The molecule has 0 radical (unpaired) electrons. The average molecular weight is 285 g/mol. The van der Waals surface area contributed by atoms with Crippen molar-refractivity contribution in [3.63, 3.8) is 0 Å². The molecule has 0 bridgehead atoms. The summed E-state index contributed by atoms with van der Waals surface area (Å²) >= 11 is 0. The minimum absolute atomic E-state index is 0.482. The molecule has 4 amide bonds.